The average Bonchev–Trinajstić information content (AvgIpc) is 2.99. The summed E-state index contributed by atoms with van der Waals surface area (Å²) in [6, 6.07) is 11.2. The number of ether oxygens (including phenoxy) is 2. The molecule has 0 unspecified atom stereocenters. The maximum absolute atomic E-state index is 12.1. The van der Waals surface area contributed by atoms with Crippen LogP contribution in [0.25, 0.3) is 10.2 Å². The lowest BCUT2D eigenvalue weighted by Crippen LogP contribution is -2.20. The number of nitrogens with one attached hydrogen (secondary N) is 1. The first-order chi connectivity index (χ1) is 12.1. The molecule has 0 aliphatic rings. The van der Waals surface area contributed by atoms with Gasteiger partial charge in [0.05, 0.1) is 11.8 Å². The molecule has 1 amide bonds. The van der Waals surface area contributed by atoms with E-state index in [0.717, 1.165) is 11.1 Å². The second kappa shape index (κ2) is 7.40. The van der Waals surface area contributed by atoms with Gasteiger partial charge in [0.1, 0.15) is 17.0 Å². The molecule has 2 aromatic carbocycles. The van der Waals surface area contributed by atoms with Gasteiger partial charge >= 0.3 is 0 Å². The van der Waals surface area contributed by atoms with Crippen LogP contribution in [0.1, 0.15) is 12.5 Å². The molecule has 3 N–H and O–H groups in total. The summed E-state index contributed by atoms with van der Waals surface area (Å²) in [5.74, 6) is 0.978. The summed E-state index contributed by atoms with van der Waals surface area (Å²) < 4.78 is 11.7. The number of fused-ring (bicyclic) bond motifs is 1. The van der Waals surface area contributed by atoms with Gasteiger partial charge in [0.15, 0.2) is 11.7 Å². The molecule has 0 aliphatic heterocycles. The highest BCUT2D eigenvalue weighted by Gasteiger charge is 2.12. The van der Waals surface area contributed by atoms with Crippen molar-refractivity contribution in [3.8, 4) is 11.5 Å². The van der Waals surface area contributed by atoms with Crippen LogP contribution >= 0.6 is 11.3 Å². The van der Waals surface area contributed by atoms with E-state index < -0.39 is 0 Å². The van der Waals surface area contributed by atoms with Gasteiger partial charge in [0.2, 0.25) is 0 Å². The molecule has 3 aromatic rings. The molecule has 0 radical (unpaired) electrons. The molecular formula is C18H19N3O3S. The first-order valence-corrected chi connectivity index (χ1v) is 8.66. The molecule has 0 bridgehead atoms. The lowest BCUT2D eigenvalue weighted by Gasteiger charge is -2.09. The van der Waals surface area contributed by atoms with Gasteiger partial charge in [-0.25, -0.2) is 4.98 Å². The van der Waals surface area contributed by atoms with E-state index in [2.05, 4.69) is 17.2 Å². The van der Waals surface area contributed by atoms with Gasteiger partial charge in [-0.3, -0.25) is 4.79 Å². The molecule has 1 aromatic heterocycles. The predicted molar refractivity (Wildman–Crippen MR) is 101 cm³/mol. The Bertz CT molecular complexity index is 890. The minimum absolute atomic E-state index is 0.0728. The van der Waals surface area contributed by atoms with Gasteiger partial charge in [-0.05, 0) is 30.2 Å². The van der Waals surface area contributed by atoms with E-state index in [0.29, 0.717) is 27.8 Å². The van der Waals surface area contributed by atoms with E-state index in [1.54, 1.807) is 13.2 Å². The number of amides is 1. The zero-order valence-electron chi connectivity index (χ0n) is 14.0. The van der Waals surface area contributed by atoms with Gasteiger partial charge in [-0.1, -0.05) is 30.4 Å². The van der Waals surface area contributed by atoms with Gasteiger partial charge in [0.25, 0.3) is 5.91 Å². The number of hydrogen-bond donors (Lipinski definition) is 2. The Morgan fingerprint density at radius 2 is 2.04 bits per heavy atom. The van der Waals surface area contributed by atoms with Gasteiger partial charge in [-0.15, -0.1) is 0 Å². The Balaban J connectivity index is 1.66. The third kappa shape index (κ3) is 4.00. The minimum atomic E-state index is -0.251. The number of methoxy groups -OCH3 is 1. The van der Waals surface area contributed by atoms with E-state index in [1.165, 1.54) is 16.9 Å². The van der Waals surface area contributed by atoms with Crippen molar-refractivity contribution < 1.29 is 14.3 Å². The molecule has 130 valence electrons. The molecule has 0 saturated carbocycles. The number of carbonyl (C=O) groups is 1. The highest BCUT2D eigenvalue weighted by molar-refractivity contribution is 7.22. The fraction of sp³-hybridized carbons (Fsp3) is 0.222. The van der Waals surface area contributed by atoms with Crippen molar-refractivity contribution in [2.24, 2.45) is 0 Å². The second-order valence-corrected chi connectivity index (χ2v) is 6.47. The Morgan fingerprint density at radius 1 is 1.28 bits per heavy atom. The Morgan fingerprint density at radius 3 is 2.72 bits per heavy atom. The van der Waals surface area contributed by atoms with Crippen molar-refractivity contribution in [1.82, 2.24) is 4.98 Å². The van der Waals surface area contributed by atoms with Crippen LogP contribution < -0.4 is 20.5 Å². The molecule has 0 aliphatic carbocycles. The van der Waals surface area contributed by atoms with Crippen LogP contribution in [-0.4, -0.2) is 24.6 Å². The van der Waals surface area contributed by atoms with Gasteiger partial charge in [-0.2, -0.15) is 0 Å². The number of aryl methyl sites for hydroxylation is 1. The summed E-state index contributed by atoms with van der Waals surface area (Å²) in [5, 5.41) is 3.26. The monoisotopic (exact) mass is 357 g/mol. The molecule has 0 fully saturated rings. The molecule has 6 nitrogen and oxygen atoms in total. The average molecular weight is 357 g/mol. The van der Waals surface area contributed by atoms with Gasteiger partial charge < -0.3 is 20.5 Å². The molecule has 0 spiro atoms. The topological polar surface area (TPSA) is 86.5 Å². The minimum Gasteiger partial charge on any atom is -0.494 e. The quantitative estimate of drug-likeness (QED) is 0.705. The molecular weight excluding hydrogens is 338 g/mol. The molecule has 0 saturated heterocycles. The zero-order chi connectivity index (χ0) is 17.8. The first-order valence-electron chi connectivity index (χ1n) is 7.84. The summed E-state index contributed by atoms with van der Waals surface area (Å²) in [6.07, 6.45) is 0.965. The Labute approximate surface area is 149 Å². The van der Waals surface area contributed by atoms with Crippen molar-refractivity contribution in [2.75, 3.05) is 24.8 Å². The smallest absolute Gasteiger partial charge is 0.262 e. The van der Waals surface area contributed by atoms with Crippen molar-refractivity contribution in [3.63, 3.8) is 0 Å². The van der Waals surface area contributed by atoms with Crippen molar-refractivity contribution in [2.45, 2.75) is 13.3 Å². The maximum atomic E-state index is 12.1. The number of thiazole rings is 1. The fourth-order valence-corrected chi connectivity index (χ4v) is 3.20. The SMILES string of the molecule is CCc1ccc(OCC(=O)Nc2cc(OC)c3nc(N)sc3c2)cc1. The number of rotatable bonds is 6. The van der Waals surface area contributed by atoms with Crippen LogP contribution in [0.2, 0.25) is 0 Å². The number of benzene rings is 2. The van der Waals surface area contributed by atoms with E-state index in [9.17, 15) is 4.79 Å². The highest BCUT2D eigenvalue weighted by Crippen LogP contribution is 2.34. The first kappa shape index (κ1) is 17.0. The summed E-state index contributed by atoms with van der Waals surface area (Å²) >= 11 is 1.34. The molecule has 3 rings (SSSR count). The van der Waals surface area contributed by atoms with Crippen molar-refractivity contribution in [1.29, 1.82) is 0 Å². The Kier molecular flexibility index (Phi) is 5.04. The number of anilines is 2. The van der Waals surface area contributed by atoms with Crippen LogP contribution in [0, 0.1) is 0 Å². The summed E-state index contributed by atoms with van der Waals surface area (Å²) in [7, 11) is 1.55. The van der Waals surface area contributed by atoms with E-state index >= 15 is 0 Å². The summed E-state index contributed by atoms with van der Waals surface area (Å²) in [4.78, 5) is 16.4. The molecule has 7 heteroatoms. The standard InChI is InChI=1S/C18H19N3O3S/c1-3-11-4-6-13(7-5-11)24-10-16(22)20-12-8-14(23-2)17-15(9-12)25-18(19)21-17/h4-9H,3,10H2,1-2H3,(H2,19,21)(H,20,22). The van der Waals surface area contributed by atoms with Gasteiger partial charge in [0, 0.05) is 11.8 Å². The summed E-state index contributed by atoms with van der Waals surface area (Å²) in [5.41, 5.74) is 8.27. The third-order valence-corrected chi connectivity index (χ3v) is 4.51. The zero-order valence-corrected chi connectivity index (χ0v) is 14.9. The van der Waals surface area contributed by atoms with Crippen LogP contribution in [0.5, 0.6) is 11.5 Å². The number of nitrogen functional groups attached to an aromatic ring is 1. The maximum Gasteiger partial charge on any atom is 0.262 e. The largest absolute Gasteiger partial charge is 0.494 e. The number of carbonyl (C=O) groups excluding carboxylic acids is 1. The van der Waals surface area contributed by atoms with Crippen molar-refractivity contribution >= 4 is 38.3 Å². The van der Waals surface area contributed by atoms with E-state index in [4.69, 9.17) is 15.2 Å². The Hall–Kier alpha value is -2.80. The van der Waals surface area contributed by atoms with E-state index in [1.807, 2.05) is 30.3 Å². The molecule has 0 atom stereocenters. The normalized spacial score (nSPS) is 10.6. The van der Waals surface area contributed by atoms with Crippen LogP contribution in [0.3, 0.4) is 0 Å². The number of nitrogens with zero attached hydrogens (tertiary/aromatic N) is 1. The summed E-state index contributed by atoms with van der Waals surface area (Å²) in [6.45, 7) is 2.02. The predicted octanol–water partition coefficient (Wildman–Crippen LogP) is 3.47. The van der Waals surface area contributed by atoms with Crippen LogP contribution in [-0.2, 0) is 11.2 Å². The number of nitrogens with two attached hydrogens (primary N) is 1. The molecule has 1 heterocycles. The fourth-order valence-electron chi connectivity index (χ4n) is 2.41. The number of aromatic nitrogens is 1. The van der Waals surface area contributed by atoms with Crippen molar-refractivity contribution in [3.05, 3.63) is 42.0 Å². The third-order valence-electron chi connectivity index (χ3n) is 3.68. The lowest BCUT2D eigenvalue weighted by atomic mass is 10.2. The highest BCUT2D eigenvalue weighted by atomic mass is 32.1. The van der Waals surface area contributed by atoms with E-state index in [-0.39, 0.29) is 12.5 Å². The lowest BCUT2D eigenvalue weighted by molar-refractivity contribution is -0.118. The van der Waals surface area contributed by atoms with Crippen LogP contribution in [0.4, 0.5) is 10.8 Å². The molecule has 25 heavy (non-hydrogen) atoms. The second-order valence-electron chi connectivity index (χ2n) is 5.41. The van der Waals surface area contributed by atoms with Crippen LogP contribution in [0.15, 0.2) is 36.4 Å². The number of hydrogen-bond acceptors (Lipinski definition) is 6.